The molecule has 1 N–H and O–H groups in total. The minimum Gasteiger partial charge on any atom is -0.497 e. The summed E-state index contributed by atoms with van der Waals surface area (Å²) in [4.78, 5) is 35.7. The number of hydrogen-bond acceptors (Lipinski definition) is 6. The predicted molar refractivity (Wildman–Crippen MR) is 102 cm³/mol. The number of fused-ring (bicyclic) bond motifs is 2. The van der Waals surface area contributed by atoms with Gasteiger partial charge in [-0.15, -0.1) is 0 Å². The van der Waals surface area contributed by atoms with E-state index in [0.29, 0.717) is 46.4 Å². The number of amides is 1. The summed E-state index contributed by atoms with van der Waals surface area (Å²) >= 11 is 0. The maximum atomic E-state index is 12.5. The van der Waals surface area contributed by atoms with Crippen LogP contribution in [0.1, 0.15) is 27.9 Å². The number of hydrogen-bond donors (Lipinski definition) is 1. The van der Waals surface area contributed by atoms with Gasteiger partial charge in [0.05, 0.1) is 12.7 Å². The summed E-state index contributed by atoms with van der Waals surface area (Å²) in [6.07, 6.45) is 0.967. The van der Waals surface area contributed by atoms with E-state index in [1.54, 1.807) is 36.4 Å². The van der Waals surface area contributed by atoms with Crippen LogP contribution < -0.4 is 15.7 Å². The smallest absolute Gasteiger partial charge is 0.338 e. The number of esters is 1. The van der Waals surface area contributed by atoms with Gasteiger partial charge in [-0.2, -0.15) is 0 Å². The Labute approximate surface area is 159 Å². The van der Waals surface area contributed by atoms with Crippen LogP contribution in [0.2, 0.25) is 0 Å². The zero-order valence-electron chi connectivity index (χ0n) is 15.1. The van der Waals surface area contributed by atoms with Crippen molar-refractivity contribution in [2.45, 2.75) is 19.4 Å². The number of nitrogens with one attached hydrogen (secondary N) is 1. The lowest BCUT2D eigenvalue weighted by molar-refractivity contribution is -0.116. The van der Waals surface area contributed by atoms with Crippen molar-refractivity contribution in [3.8, 4) is 5.75 Å². The molecule has 0 bridgehead atoms. The van der Waals surface area contributed by atoms with Crippen molar-refractivity contribution in [1.29, 1.82) is 0 Å². The van der Waals surface area contributed by atoms with Gasteiger partial charge >= 0.3 is 11.6 Å². The van der Waals surface area contributed by atoms with Gasteiger partial charge in [-0.05, 0) is 42.3 Å². The van der Waals surface area contributed by atoms with Crippen LogP contribution >= 0.6 is 0 Å². The van der Waals surface area contributed by atoms with E-state index in [2.05, 4.69) is 5.32 Å². The Morgan fingerprint density at radius 3 is 2.79 bits per heavy atom. The molecule has 1 aliphatic rings. The lowest BCUT2D eigenvalue weighted by Crippen LogP contribution is -2.19. The molecule has 0 atom stereocenters. The lowest BCUT2D eigenvalue weighted by atomic mass is 10.0. The monoisotopic (exact) mass is 379 g/mol. The summed E-state index contributed by atoms with van der Waals surface area (Å²) in [6.45, 7) is -0.0684. The number of ether oxygens (including phenoxy) is 2. The highest BCUT2D eigenvalue weighted by atomic mass is 16.5. The molecule has 1 amide bonds. The summed E-state index contributed by atoms with van der Waals surface area (Å²) in [5, 5.41) is 3.44. The second-order valence-electron chi connectivity index (χ2n) is 6.45. The fraction of sp³-hybridized carbons (Fsp3) is 0.190. The average Bonchev–Trinajstić information content (AvgIpc) is 2.70. The molecule has 2 aromatic carbocycles. The van der Waals surface area contributed by atoms with Crippen molar-refractivity contribution >= 4 is 28.5 Å². The van der Waals surface area contributed by atoms with Crippen molar-refractivity contribution in [3.05, 3.63) is 69.6 Å². The largest absolute Gasteiger partial charge is 0.497 e. The molecular weight excluding hydrogens is 362 g/mol. The highest BCUT2D eigenvalue weighted by Gasteiger charge is 2.18. The molecule has 2 heterocycles. The molecule has 1 aliphatic heterocycles. The zero-order valence-corrected chi connectivity index (χ0v) is 15.1. The summed E-state index contributed by atoms with van der Waals surface area (Å²) in [7, 11) is 1.52. The predicted octanol–water partition coefficient (Wildman–Crippen LogP) is 3.04. The quantitative estimate of drug-likeness (QED) is 0.553. The van der Waals surface area contributed by atoms with Gasteiger partial charge in [0.25, 0.3) is 0 Å². The molecule has 0 saturated heterocycles. The minimum atomic E-state index is -0.531. The zero-order chi connectivity index (χ0) is 19.7. The SMILES string of the molecule is COc1ccc2c(COC(=O)c3ccc4c(c3)CCC(=O)N4)cc(=O)oc2c1. The molecule has 28 heavy (non-hydrogen) atoms. The van der Waals surface area contributed by atoms with Gasteiger partial charge in [0.1, 0.15) is 17.9 Å². The van der Waals surface area contributed by atoms with E-state index in [-0.39, 0.29) is 12.5 Å². The second-order valence-corrected chi connectivity index (χ2v) is 6.45. The molecule has 142 valence electrons. The molecule has 7 heteroatoms. The fourth-order valence-corrected chi connectivity index (χ4v) is 3.19. The van der Waals surface area contributed by atoms with E-state index in [9.17, 15) is 14.4 Å². The highest BCUT2D eigenvalue weighted by Crippen LogP contribution is 2.25. The Bertz CT molecular complexity index is 1150. The van der Waals surface area contributed by atoms with Crippen molar-refractivity contribution in [2.24, 2.45) is 0 Å². The summed E-state index contributed by atoms with van der Waals surface area (Å²) in [5.74, 6) is 0.0230. The standard InChI is InChI=1S/C21H17NO6/c1-26-15-4-5-16-14(9-20(24)28-18(16)10-15)11-27-21(25)13-2-6-17-12(8-13)3-7-19(23)22-17/h2,4-6,8-10H,3,7,11H2,1H3,(H,22,23). The lowest BCUT2D eigenvalue weighted by Gasteiger charge is -2.17. The molecule has 0 spiro atoms. The number of methoxy groups -OCH3 is 1. The second kappa shape index (κ2) is 7.19. The van der Waals surface area contributed by atoms with Crippen molar-refractivity contribution in [1.82, 2.24) is 0 Å². The third-order valence-electron chi connectivity index (χ3n) is 4.63. The molecule has 3 aromatic rings. The number of aryl methyl sites for hydroxylation is 1. The van der Waals surface area contributed by atoms with Gasteiger partial charge in [-0.25, -0.2) is 9.59 Å². The fourth-order valence-electron chi connectivity index (χ4n) is 3.19. The van der Waals surface area contributed by atoms with Gasteiger partial charge in [0.2, 0.25) is 5.91 Å². The van der Waals surface area contributed by atoms with Crippen LogP contribution in [0.4, 0.5) is 5.69 Å². The first-order valence-corrected chi connectivity index (χ1v) is 8.74. The number of benzene rings is 2. The van der Waals surface area contributed by atoms with E-state index >= 15 is 0 Å². The van der Waals surface area contributed by atoms with Gasteiger partial charge in [-0.3, -0.25) is 4.79 Å². The van der Waals surface area contributed by atoms with E-state index in [4.69, 9.17) is 13.9 Å². The average molecular weight is 379 g/mol. The molecular formula is C21H17NO6. The Kier molecular flexibility index (Phi) is 4.57. The molecule has 0 unspecified atom stereocenters. The van der Waals surface area contributed by atoms with Crippen molar-refractivity contribution in [2.75, 3.05) is 12.4 Å². The third-order valence-corrected chi connectivity index (χ3v) is 4.63. The van der Waals surface area contributed by atoms with Crippen LogP contribution in [0.5, 0.6) is 5.75 Å². The molecule has 0 aliphatic carbocycles. The van der Waals surface area contributed by atoms with Crippen molar-refractivity contribution < 1.29 is 23.5 Å². The van der Waals surface area contributed by atoms with Gasteiger partial charge in [0, 0.05) is 35.2 Å². The van der Waals surface area contributed by atoms with Crippen LogP contribution in [-0.2, 0) is 22.6 Å². The minimum absolute atomic E-state index is 0.0331. The first kappa shape index (κ1) is 17.8. The third kappa shape index (κ3) is 3.46. The van der Waals surface area contributed by atoms with Gasteiger partial charge < -0.3 is 19.2 Å². The number of rotatable bonds is 4. The Balaban J connectivity index is 1.55. The van der Waals surface area contributed by atoms with E-state index in [0.717, 1.165) is 5.56 Å². The first-order valence-electron chi connectivity index (χ1n) is 8.74. The maximum absolute atomic E-state index is 12.5. The molecule has 0 radical (unpaired) electrons. The highest BCUT2D eigenvalue weighted by molar-refractivity contribution is 5.96. The summed E-state index contributed by atoms with van der Waals surface area (Å²) in [5.41, 5.74) is 2.38. The maximum Gasteiger partial charge on any atom is 0.338 e. The molecule has 7 nitrogen and oxygen atoms in total. The molecule has 1 aromatic heterocycles. The van der Waals surface area contributed by atoms with E-state index < -0.39 is 11.6 Å². The van der Waals surface area contributed by atoms with Crippen LogP contribution in [0.25, 0.3) is 11.0 Å². The van der Waals surface area contributed by atoms with Crippen molar-refractivity contribution in [3.63, 3.8) is 0 Å². The summed E-state index contributed by atoms with van der Waals surface area (Å²) in [6, 6.07) is 11.4. The molecule has 0 saturated carbocycles. The Hall–Kier alpha value is -3.61. The normalized spacial score (nSPS) is 13.0. The topological polar surface area (TPSA) is 94.8 Å². The summed E-state index contributed by atoms with van der Waals surface area (Å²) < 4.78 is 15.7. The van der Waals surface area contributed by atoms with E-state index in [1.807, 2.05) is 0 Å². The Morgan fingerprint density at radius 1 is 1.11 bits per heavy atom. The van der Waals surface area contributed by atoms with Gasteiger partial charge in [0.15, 0.2) is 0 Å². The number of anilines is 1. The molecule has 0 fully saturated rings. The van der Waals surface area contributed by atoms with Crippen LogP contribution in [0.15, 0.2) is 51.7 Å². The van der Waals surface area contributed by atoms with Crippen LogP contribution in [0.3, 0.4) is 0 Å². The van der Waals surface area contributed by atoms with Gasteiger partial charge in [-0.1, -0.05) is 0 Å². The van der Waals surface area contributed by atoms with Crippen LogP contribution in [-0.4, -0.2) is 19.0 Å². The number of carbonyl (C=O) groups is 2. The Morgan fingerprint density at radius 2 is 1.96 bits per heavy atom. The number of carbonyl (C=O) groups excluding carboxylic acids is 2. The molecule has 4 rings (SSSR count). The van der Waals surface area contributed by atoms with E-state index in [1.165, 1.54) is 13.2 Å². The van der Waals surface area contributed by atoms with Crippen LogP contribution in [0, 0.1) is 0 Å². The first-order chi connectivity index (χ1) is 13.5.